The SMILES string of the molecule is CS(=O)(=O)c1cccc(-c2cc(N)cc(Cl)c2)c1. The van der Waals surface area contributed by atoms with Gasteiger partial charge in [-0.3, -0.25) is 0 Å². The predicted octanol–water partition coefficient (Wildman–Crippen LogP) is 2.99. The number of halogens is 1. The molecule has 0 saturated heterocycles. The second-order valence-electron chi connectivity index (χ2n) is 4.07. The lowest BCUT2D eigenvalue weighted by Gasteiger charge is -2.06. The molecule has 0 spiro atoms. The van der Waals surface area contributed by atoms with Crippen LogP contribution >= 0.6 is 11.6 Å². The molecule has 94 valence electrons. The second kappa shape index (κ2) is 4.63. The van der Waals surface area contributed by atoms with Crippen LogP contribution in [0.15, 0.2) is 47.4 Å². The van der Waals surface area contributed by atoms with Gasteiger partial charge in [0.25, 0.3) is 0 Å². The molecule has 0 amide bonds. The zero-order valence-electron chi connectivity index (χ0n) is 9.72. The van der Waals surface area contributed by atoms with Gasteiger partial charge in [-0.1, -0.05) is 23.7 Å². The first-order valence-electron chi connectivity index (χ1n) is 5.23. The molecule has 0 heterocycles. The third-order valence-electron chi connectivity index (χ3n) is 2.52. The van der Waals surface area contributed by atoms with Gasteiger partial charge in [0.05, 0.1) is 4.90 Å². The summed E-state index contributed by atoms with van der Waals surface area (Å²) in [7, 11) is -3.22. The van der Waals surface area contributed by atoms with Gasteiger partial charge >= 0.3 is 0 Å². The molecule has 0 aliphatic rings. The number of benzene rings is 2. The molecular weight excluding hydrogens is 270 g/mol. The molecular formula is C13H12ClNO2S. The number of nitrogens with two attached hydrogens (primary N) is 1. The van der Waals surface area contributed by atoms with Crippen molar-refractivity contribution in [1.82, 2.24) is 0 Å². The van der Waals surface area contributed by atoms with Gasteiger partial charge in [-0.15, -0.1) is 0 Å². The van der Waals surface area contributed by atoms with Crippen LogP contribution < -0.4 is 5.73 Å². The Balaban J connectivity index is 2.58. The van der Waals surface area contributed by atoms with Crippen molar-refractivity contribution in [3.63, 3.8) is 0 Å². The van der Waals surface area contributed by atoms with Crippen LogP contribution in [0, 0.1) is 0 Å². The molecule has 0 aliphatic heterocycles. The summed E-state index contributed by atoms with van der Waals surface area (Å²) < 4.78 is 23.0. The molecule has 0 atom stereocenters. The average Bonchev–Trinajstić information content (AvgIpc) is 2.27. The summed E-state index contributed by atoms with van der Waals surface area (Å²) in [6.07, 6.45) is 1.18. The van der Waals surface area contributed by atoms with E-state index in [0.717, 1.165) is 11.1 Å². The van der Waals surface area contributed by atoms with E-state index in [9.17, 15) is 8.42 Å². The van der Waals surface area contributed by atoms with E-state index in [2.05, 4.69) is 0 Å². The normalized spacial score (nSPS) is 11.4. The molecule has 0 aromatic heterocycles. The average molecular weight is 282 g/mol. The summed E-state index contributed by atoms with van der Waals surface area (Å²) >= 11 is 5.93. The van der Waals surface area contributed by atoms with Crippen molar-refractivity contribution in [3.05, 3.63) is 47.5 Å². The maximum Gasteiger partial charge on any atom is 0.175 e. The molecule has 2 aromatic carbocycles. The lowest BCUT2D eigenvalue weighted by Crippen LogP contribution is -1.96. The second-order valence-corrected chi connectivity index (χ2v) is 6.53. The topological polar surface area (TPSA) is 60.2 Å². The molecule has 2 N–H and O–H groups in total. The van der Waals surface area contributed by atoms with Crippen molar-refractivity contribution in [2.75, 3.05) is 12.0 Å². The molecule has 5 heteroatoms. The third-order valence-corrected chi connectivity index (χ3v) is 3.84. The van der Waals surface area contributed by atoms with Crippen molar-refractivity contribution < 1.29 is 8.42 Å². The summed E-state index contributed by atoms with van der Waals surface area (Å²) in [4.78, 5) is 0.276. The summed E-state index contributed by atoms with van der Waals surface area (Å²) in [5, 5.41) is 0.523. The van der Waals surface area contributed by atoms with E-state index >= 15 is 0 Å². The first-order valence-corrected chi connectivity index (χ1v) is 7.50. The standard InChI is InChI=1S/C13H12ClNO2S/c1-18(16,17)13-4-2-3-9(7-13)10-5-11(14)8-12(15)6-10/h2-8H,15H2,1H3. The van der Waals surface area contributed by atoms with Crippen LogP contribution in [-0.4, -0.2) is 14.7 Å². The summed E-state index contributed by atoms with van der Waals surface area (Å²) in [5.41, 5.74) is 7.83. The van der Waals surface area contributed by atoms with Gasteiger partial charge in [-0.2, -0.15) is 0 Å². The van der Waals surface area contributed by atoms with E-state index < -0.39 is 9.84 Å². The Morgan fingerprint density at radius 3 is 2.39 bits per heavy atom. The highest BCUT2D eigenvalue weighted by molar-refractivity contribution is 7.90. The number of rotatable bonds is 2. The number of nitrogen functional groups attached to an aromatic ring is 1. The molecule has 0 aliphatic carbocycles. The van der Waals surface area contributed by atoms with E-state index in [1.807, 2.05) is 6.07 Å². The van der Waals surface area contributed by atoms with Gasteiger partial charge in [0, 0.05) is 17.0 Å². The van der Waals surface area contributed by atoms with Gasteiger partial charge < -0.3 is 5.73 Å². The van der Waals surface area contributed by atoms with Crippen LogP contribution in [0.25, 0.3) is 11.1 Å². The Labute approximate surface area is 111 Å². The fraction of sp³-hybridized carbons (Fsp3) is 0.0769. The van der Waals surface area contributed by atoms with E-state index in [1.54, 1.807) is 36.4 Å². The highest BCUT2D eigenvalue weighted by Crippen LogP contribution is 2.27. The number of anilines is 1. The Bertz CT molecular complexity index is 676. The number of hydrogen-bond acceptors (Lipinski definition) is 3. The van der Waals surface area contributed by atoms with Crippen LogP contribution in [0.4, 0.5) is 5.69 Å². The molecule has 0 fully saturated rings. The van der Waals surface area contributed by atoms with E-state index in [-0.39, 0.29) is 4.90 Å². The summed E-state index contributed by atoms with van der Waals surface area (Å²) in [6.45, 7) is 0. The van der Waals surface area contributed by atoms with E-state index in [0.29, 0.717) is 10.7 Å². The van der Waals surface area contributed by atoms with Gasteiger partial charge in [0.15, 0.2) is 9.84 Å². The number of hydrogen-bond donors (Lipinski definition) is 1. The molecule has 0 saturated carbocycles. The first-order chi connectivity index (χ1) is 8.36. The van der Waals surface area contributed by atoms with Gasteiger partial charge in [-0.25, -0.2) is 8.42 Å². The minimum absolute atomic E-state index is 0.276. The van der Waals surface area contributed by atoms with Crippen LogP contribution in [0.5, 0.6) is 0 Å². The molecule has 3 nitrogen and oxygen atoms in total. The van der Waals surface area contributed by atoms with Crippen LogP contribution in [0.1, 0.15) is 0 Å². The first kappa shape index (κ1) is 12.9. The fourth-order valence-electron chi connectivity index (χ4n) is 1.69. The highest BCUT2D eigenvalue weighted by Gasteiger charge is 2.08. The Hall–Kier alpha value is -1.52. The highest BCUT2D eigenvalue weighted by atomic mass is 35.5. The van der Waals surface area contributed by atoms with E-state index in [1.165, 1.54) is 6.26 Å². The Morgan fingerprint density at radius 1 is 1.06 bits per heavy atom. The van der Waals surface area contributed by atoms with Crippen molar-refractivity contribution in [2.24, 2.45) is 0 Å². The molecule has 0 radical (unpaired) electrons. The smallest absolute Gasteiger partial charge is 0.175 e. The molecule has 18 heavy (non-hydrogen) atoms. The lowest BCUT2D eigenvalue weighted by molar-refractivity contribution is 0.602. The molecule has 0 bridgehead atoms. The monoisotopic (exact) mass is 281 g/mol. The van der Waals surface area contributed by atoms with Crippen molar-refractivity contribution in [3.8, 4) is 11.1 Å². The Kier molecular flexibility index (Phi) is 3.32. The predicted molar refractivity (Wildman–Crippen MR) is 74.4 cm³/mol. The number of sulfone groups is 1. The Morgan fingerprint density at radius 2 is 1.78 bits per heavy atom. The molecule has 0 unspecified atom stereocenters. The van der Waals surface area contributed by atoms with Gasteiger partial charge in [0.1, 0.15) is 0 Å². The summed E-state index contributed by atoms with van der Waals surface area (Å²) in [5.74, 6) is 0. The third kappa shape index (κ3) is 2.83. The minimum atomic E-state index is -3.22. The fourth-order valence-corrected chi connectivity index (χ4v) is 2.60. The lowest BCUT2D eigenvalue weighted by atomic mass is 10.1. The van der Waals surface area contributed by atoms with Crippen molar-refractivity contribution in [1.29, 1.82) is 0 Å². The van der Waals surface area contributed by atoms with Crippen LogP contribution in [0.3, 0.4) is 0 Å². The maximum absolute atomic E-state index is 11.5. The maximum atomic E-state index is 11.5. The zero-order chi connectivity index (χ0) is 13.3. The van der Waals surface area contributed by atoms with Crippen molar-refractivity contribution >= 4 is 27.1 Å². The summed E-state index contributed by atoms with van der Waals surface area (Å²) in [6, 6.07) is 11.8. The van der Waals surface area contributed by atoms with Crippen LogP contribution in [-0.2, 0) is 9.84 Å². The van der Waals surface area contributed by atoms with E-state index in [4.69, 9.17) is 17.3 Å². The van der Waals surface area contributed by atoms with Gasteiger partial charge in [0.2, 0.25) is 0 Å². The van der Waals surface area contributed by atoms with Crippen molar-refractivity contribution in [2.45, 2.75) is 4.90 Å². The zero-order valence-corrected chi connectivity index (χ0v) is 11.3. The van der Waals surface area contributed by atoms with Crippen LogP contribution in [0.2, 0.25) is 5.02 Å². The quantitative estimate of drug-likeness (QED) is 0.861. The minimum Gasteiger partial charge on any atom is -0.399 e. The largest absolute Gasteiger partial charge is 0.399 e. The molecule has 2 aromatic rings. The van der Waals surface area contributed by atoms with Gasteiger partial charge in [-0.05, 0) is 41.5 Å². The molecule has 2 rings (SSSR count).